The van der Waals surface area contributed by atoms with E-state index in [1.165, 1.54) is 0 Å². The Kier molecular flexibility index (Phi) is 6.86. The van der Waals surface area contributed by atoms with E-state index < -0.39 is 0 Å². The number of amides is 3. The fourth-order valence-corrected chi connectivity index (χ4v) is 2.86. The van der Waals surface area contributed by atoms with Gasteiger partial charge >= 0.3 is 6.03 Å². The number of nitrogens with zero attached hydrogens (tertiary/aromatic N) is 3. The highest BCUT2D eigenvalue weighted by Gasteiger charge is 2.13. The number of imidazole rings is 1. The van der Waals surface area contributed by atoms with Crippen LogP contribution in [-0.2, 0) is 6.54 Å². The smallest absolute Gasteiger partial charge is 0.319 e. The van der Waals surface area contributed by atoms with Crippen LogP contribution in [0.4, 0.5) is 16.2 Å². The van der Waals surface area contributed by atoms with Crippen LogP contribution in [0.1, 0.15) is 16.8 Å². The quantitative estimate of drug-likeness (QED) is 0.576. The van der Waals surface area contributed by atoms with Gasteiger partial charge in [-0.3, -0.25) is 4.79 Å². The molecule has 3 aromatic rings. The van der Waals surface area contributed by atoms with Crippen LogP contribution in [0.3, 0.4) is 0 Å². The van der Waals surface area contributed by atoms with E-state index in [9.17, 15) is 9.59 Å². The molecule has 8 heteroatoms. The molecule has 2 N–H and O–H groups in total. The third-order valence-corrected chi connectivity index (χ3v) is 4.60. The summed E-state index contributed by atoms with van der Waals surface area (Å²) in [5, 5.41) is 6.18. The minimum absolute atomic E-state index is 0.141. The number of anilines is 2. The molecule has 3 rings (SSSR count). The zero-order valence-electron chi connectivity index (χ0n) is 16.0. The number of benzene rings is 2. The molecular weight excluding hydrogens is 390 g/mol. The van der Waals surface area contributed by atoms with Crippen molar-refractivity contribution in [2.24, 2.45) is 0 Å². The Bertz CT molecular complexity index is 940. The summed E-state index contributed by atoms with van der Waals surface area (Å²) in [6.45, 7) is 1.35. The molecule has 0 aliphatic heterocycles. The third kappa shape index (κ3) is 5.83. The Labute approximate surface area is 174 Å². The van der Waals surface area contributed by atoms with Crippen LogP contribution in [0.2, 0.25) is 5.02 Å². The van der Waals surface area contributed by atoms with Gasteiger partial charge in [-0.15, -0.1) is 0 Å². The number of aryl methyl sites for hydroxylation is 1. The molecule has 0 aliphatic carbocycles. The molecule has 0 radical (unpaired) electrons. The lowest BCUT2D eigenvalue weighted by atomic mass is 10.2. The summed E-state index contributed by atoms with van der Waals surface area (Å²) in [5.74, 6) is -0.141. The number of hydrogen-bond acceptors (Lipinski definition) is 3. The van der Waals surface area contributed by atoms with Crippen LogP contribution in [-0.4, -0.2) is 35.1 Å². The van der Waals surface area contributed by atoms with Crippen molar-refractivity contribution < 1.29 is 9.59 Å². The van der Waals surface area contributed by atoms with Gasteiger partial charge in [-0.25, -0.2) is 9.78 Å². The molecule has 0 atom stereocenters. The number of rotatable bonds is 7. The van der Waals surface area contributed by atoms with Crippen molar-refractivity contribution in [2.45, 2.75) is 13.0 Å². The summed E-state index contributed by atoms with van der Waals surface area (Å²) in [6, 6.07) is 13.5. The summed E-state index contributed by atoms with van der Waals surface area (Å²) >= 11 is 5.87. The summed E-state index contributed by atoms with van der Waals surface area (Å²) in [7, 11) is 1.70. The molecule has 3 amide bonds. The molecule has 29 heavy (non-hydrogen) atoms. The van der Waals surface area contributed by atoms with Crippen molar-refractivity contribution in [3.63, 3.8) is 0 Å². The second-order valence-corrected chi connectivity index (χ2v) is 6.89. The highest BCUT2D eigenvalue weighted by molar-refractivity contribution is 6.30. The Morgan fingerprint density at radius 3 is 2.48 bits per heavy atom. The van der Waals surface area contributed by atoms with Gasteiger partial charge in [0.05, 0.1) is 6.33 Å². The maximum atomic E-state index is 12.5. The number of urea groups is 1. The van der Waals surface area contributed by atoms with Crippen LogP contribution in [0.25, 0.3) is 0 Å². The van der Waals surface area contributed by atoms with Gasteiger partial charge in [0.25, 0.3) is 5.91 Å². The van der Waals surface area contributed by atoms with E-state index in [0.29, 0.717) is 22.8 Å². The fourth-order valence-electron chi connectivity index (χ4n) is 2.73. The Morgan fingerprint density at radius 2 is 1.83 bits per heavy atom. The summed E-state index contributed by atoms with van der Waals surface area (Å²) in [6.07, 6.45) is 6.16. The van der Waals surface area contributed by atoms with Gasteiger partial charge in [-0.05, 0) is 55.0 Å². The van der Waals surface area contributed by atoms with E-state index in [4.69, 9.17) is 11.6 Å². The van der Waals surface area contributed by atoms with Gasteiger partial charge in [0, 0.05) is 54.5 Å². The van der Waals surface area contributed by atoms with Crippen LogP contribution < -0.4 is 15.5 Å². The molecule has 0 spiro atoms. The summed E-state index contributed by atoms with van der Waals surface area (Å²) in [4.78, 5) is 30.1. The van der Waals surface area contributed by atoms with Crippen LogP contribution in [0.15, 0.2) is 67.3 Å². The number of nitrogens with one attached hydrogen (secondary N) is 2. The molecule has 0 unspecified atom stereocenters. The molecule has 0 bridgehead atoms. The summed E-state index contributed by atoms with van der Waals surface area (Å²) < 4.78 is 1.96. The van der Waals surface area contributed by atoms with E-state index in [-0.39, 0.29) is 11.9 Å². The number of carbonyl (C=O) groups excluding carboxylic acids is 2. The topological polar surface area (TPSA) is 79.3 Å². The molecule has 7 nitrogen and oxygen atoms in total. The Morgan fingerprint density at radius 1 is 1.10 bits per heavy atom. The van der Waals surface area contributed by atoms with Gasteiger partial charge in [0.1, 0.15) is 0 Å². The van der Waals surface area contributed by atoms with Crippen molar-refractivity contribution in [2.75, 3.05) is 23.8 Å². The molecule has 150 valence electrons. The van der Waals surface area contributed by atoms with Crippen molar-refractivity contribution in [3.8, 4) is 0 Å². The van der Waals surface area contributed by atoms with Crippen LogP contribution in [0.5, 0.6) is 0 Å². The lowest BCUT2D eigenvalue weighted by Gasteiger charge is -2.18. The molecule has 0 saturated carbocycles. The minimum Gasteiger partial charge on any atom is -0.338 e. The zero-order chi connectivity index (χ0) is 20.6. The first kappa shape index (κ1) is 20.4. The molecule has 0 fully saturated rings. The number of aromatic nitrogens is 2. The average Bonchev–Trinajstić information content (AvgIpc) is 3.25. The van der Waals surface area contributed by atoms with Gasteiger partial charge in [-0.1, -0.05) is 11.6 Å². The largest absolute Gasteiger partial charge is 0.338 e. The highest BCUT2D eigenvalue weighted by Crippen LogP contribution is 2.19. The predicted octanol–water partition coefficient (Wildman–Crippen LogP) is 4.02. The fraction of sp³-hybridized carbons (Fsp3) is 0.190. The average molecular weight is 412 g/mol. The normalized spacial score (nSPS) is 10.4. The second kappa shape index (κ2) is 9.75. The number of carbonyl (C=O) groups is 2. The SMILES string of the molecule is CN(C(=O)c1ccc(Cl)cc1)c1ccc(NC(=O)NCCCn2ccnc2)cc1. The summed E-state index contributed by atoms with van der Waals surface area (Å²) in [5.41, 5.74) is 1.92. The maximum Gasteiger partial charge on any atom is 0.319 e. The zero-order valence-corrected chi connectivity index (χ0v) is 16.8. The highest BCUT2D eigenvalue weighted by atomic mass is 35.5. The first-order valence-corrected chi connectivity index (χ1v) is 9.55. The third-order valence-electron chi connectivity index (χ3n) is 4.35. The van der Waals surface area contributed by atoms with Gasteiger partial charge in [-0.2, -0.15) is 0 Å². The van der Waals surface area contributed by atoms with Crippen molar-refractivity contribution in [1.82, 2.24) is 14.9 Å². The van der Waals surface area contributed by atoms with Crippen molar-refractivity contribution in [1.29, 1.82) is 0 Å². The number of hydrogen-bond donors (Lipinski definition) is 2. The van der Waals surface area contributed by atoms with Gasteiger partial charge in [0.15, 0.2) is 0 Å². The first-order chi connectivity index (χ1) is 14.0. The molecule has 0 aliphatic rings. The Balaban J connectivity index is 1.48. The molecule has 2 aromatic carbocycles. The lowest BCUT2D eigenvalue weighted by Crippen LogP contribution is -2.30. The van der Waals surface area contributed by atoms with E-state index in [2.05, 4.69) is 15.6 Å². The molecule has 1 heterocycles. The van der Waals surface area contributed by atoms with Crippen LogP contribution in [0, 0.1) is 0 Å². The lowest BCUT2D eigenvalue weighted by molar-refractivity contribution is 0.0993. The predicted molar refractivity (Wildman–Crippen MR) is 114 cm³/mol. The maximum absolute atomic E-state index is 12.5. The monoisotopic (exact) mass is 411 g/mol. The van der Waals surface area contributed by atoms with E-state index >= 15 is 0 Å². The molecule has 1 aromatic heterocycles. The second-order valence-electron chi connectivity index (χ2n) is 6.45. The van der Waals surface area contributed by atoms with Crippen molar-refractivity contribution in [3.05, 3.63) is 77.8 Å². The van der Waals surface area contributed by atoms with Crippen LogP contribution >= 0.6 is 11.6 Å². The molecular formula is C21H22ClN5O2. The van der Waals surface area contributed by atoms with Crippen molar-refractivity contribution >= 4 is 34.9 Å². The number of halogens is 1. The van der Waals surface area contributed by atoms with E-state index in [1.54, 1.807) is 73.0 Å². The first-order valence-electron chi connectivity index (χ1n) is 9.17. The van der Waals surface area contributed by atoms with E-state index in [1.807, 2.05) is 10.8 Å². The van der Waals surface area contributed by atoms with Gasteiger partial charge in [0.2, 0.25) is 0 Å². The molecule has 0 saturated heterocycles. The van der Waals surface area contributed by atoms with Gasteiger partial charge < -0.3 is 20.1 Å². The van der Waals surface area contributed by atoms with E-state index in [0.717, 1.165) is 18.7 Å². The minimum atomic E-state index is -0.269. The standard InChI is InChI=1S/C21H22ClN5O2/c1-26(20(28)16-3-5-17(22)6-4-16)19-9-7-18(8-10-19)25-21(29)24-11-2-13-27-14-12-23-15-27/h3-10,12,14-15H,2,11,13H2,1H3,(H2,24,25,29). The Hall–Kier alpha value is -3.32.